The highest BCUT2D eigenvalue weighted by atomic mass is 32.1. The zero-order valence-corrected chi connectivity index (χ0v) is 18.3. The molecule has 9 nitrogen and oxygen atoms in total. The minimum atomic E-state index is -0.613. The molecule has 2 aromatic carbocycles. The molecular weight excluding hydrogens is 446 g/mol. The lowest BCUT2D eigenvalue weighted by molar-refractivity contribution is -0.384. The standard InChI is InChI=1S/C23H17N3O6S/c1-13-19(23(28)31-2)20(22-24-16-8-3-4-9-17(16)33-22)21(32-13)25-18(27)11-10-14-6-5-7-15(12-14)26(29)30/h3-12H,1-2H3,(H,25,27)/b11-10+. The lowest BCUT2D eigenvalue weighted by Gasteiger charge is -2.03. The second kappa shape index (κ2) is 9.05. The number of carbonyl (C=O) groups is 2. The van der Waals surface area contributed by atoms with Crippen LogP contribution < -0.4 is 5.32 Å². The van der Waals surface area contributed by atoms with Gasteiger partial charge in [-0.05, 0) is 30.7 Å². The van der Waals surface area contributed by atoms with Gasteiger partial charge < -0.3 is 9.15 Å². The number of thiazole rings is 1. The molecular formula is C23H17N3O6S. The third-order valence-corrected chi connectivity index (χ3v) is 5.78. The Balaban J connectivity index is 1.69. The molecule has 4 rings (SSSR count). The number of rotatable bonds is 6. The number of benzene rings is 2. The lowest BCUT2D eigenvalue weighted by Crippen LogP contribution is -2.09. The molecule has 0 bridgehead atoms. The SMILES string of the molecule is COC(=O)c1c(C)oc(NC(=O)/C=C/c2cccc([N+](=O)[O-])c2)c1-c1nc2ccccc2s1. The largest absolute Gasteiger partial charge is 0.465 e. The molecule has 1 N–H and O–H groups in total. The van der Waals surface area contributed by atoms with E-state index in [4.69, 9.17) is 9.15 Å². The van der Waals surface area contributed by atoms with Crippen LogP contribution in [-0.2, 0) is 9.53 Å². The highest BCUT2D eigenvalue weighted by Gasteiger charge is 2.28. The number of nitro benzene ring substituents is 1. The summed E-state index contributed by atoms with van der Waals surface area (Å²) >= 11 is 1.35. The highest BCUT2D eigenvalue weighted by Crippen LogP contribution is 2.40. The van der Waals surface area contributed by atoms with E-state index >= 15 is 0 Å². The number of amides is 1. The Labute approximate surface area is 191 Å². The maximum Gasteiger partial charge on any atom is 0.342 e. The van der Waals surface area contributed by atoms with Crippen molar-refractivity contribution < 1.29 is 23.7 Å². The second-order valence-corrected chi connectivity index (χ2v) is 7.92. The molecule has 0 spiro atoms. The number of methoxy groups -OCH3 is 1. The molecule has 0 aliphatic rings. The molecule has 0 atom stereocenters. The zero-order valence-electron chi connectivity index (χ0n) is 17.5. The van der Waals surface area contributed by atoms with Gasteiger partial charge in [0, 0.05) is 18.2 Å². The fourth-order valence-electron chi connectivity index (χ4n) is 3.23. The van der Waals surface area contributed by atoms with Gasteiger partial charge in [-0.15, -0.1) is 11.3 Å². The van der Waals surface area contributed by atoms with E-state index in [0.29, 0.717) is 16.1 Å². The first-order valence-corrected chi connectivity index (χ1v) is 10.5. The fourth-order valence-corrected chi connectivity index (χ4v) is 4.25. The molecule has 0 aliphatic carbocycles. The van der Waals surface area contributed by atoms with Crippen LogP contribution in [0.1, 0.15) is 21.7 Å². The molecule has 2 heterocycles. The van der Waals surface area contributed by atoms with Crippen molar-refractivity contribution >= 4 is 51.1 Å². The molecule has 0 unspecified atom stereocenters. The van der Waals surface area contributed by atoms with Crippen molar-refractivity contribution in [2.24, 2.45) is 0 Å². The number of ether oxygens (including phenoxy) is 1. The minimum absolute atomic E-state index is 0.0562. The number of nitrogens with one attached hydrogen (secondary N) is 1. The number of anilines is 1. The molecule has 0 saturated heterocycles. The summed E-state index contributed by atoms with van der Waals surface area (Å²) in [4.78, 5) is 40.0. The molecule has 0 radical (unpaired) electrons. The number of para-hydroxylation sites is 1. The Hall–Kier alpha value is -4.31. The summed E-state index contributed by atoms with van der Waals surface area (Å²) in [6.07, 6.45) is 2.66. The summed E-state index contributed by atoms with van der Waals surface area (Å²) in [5, 5.41) is 14.1. The highest BCUT2D eigenvalue weighted by molar-refractivity contribution is 7.21. The Kier molecular flexibility index (Phi) is 6.01. The van der Waals surface area contributed by atoms with Crippen LogP contribution >= 0.6 is 11.3 Å². The average Bonchev–Trinajstić information content (AvgIpc) is 3.37. The molecule has 4 aromatic rings. The lowest BCUT2D eigenvalue weighted by atomic mass is 10.1. The molecule has 0 saturated carbocycles. The van der Waals surface area contributed by atoms with Gasteiger partial charge in [0.2, 0.25) is 5.88 Å². The number of carbonyl (C=O) groups excluding carboxylic acids is 2. The quantitative estimate of drug-likeness (QED) is 0.180. The Morgan fingerprint density at radius 1 is 1.21 bits per heavy atom. The number of non-ortho nitro benzene ring substituents is 1. The Morgan fingerprint density at radius 2 is 2.00 bits per heavy atom. The molecule has 0 aliphatic heterocycles. The summed E-state index contributed by atoms with van der Waals surface area (Å²) in [7, 11) is 1.26. The van der Waals surface area contributed by atoms with Crippen molar-refractivity contribution in [1.82, 2.24) is 4.98 Å². The number of aryl methyl sites for hydroxylation is 1. The first-order valence-electron chi connectivity index (χ1n) is 9.68. The van der Waals surface area contributed by atoms with Crippen molar-refractivity contribution in [3.8, 4) is 10.6 Å². The third-order valence-electron chi connectivity index (χ3n) is 4.73. The monoisotopic (exact) mass is 463 g/mol. The molecule has 10 heteroatoms. The summed E-state index contributed by atoms with van der Waals surface area (Å²) < 4.78 is 11.5. The number of aromatic nitrogens is 1. The third kappa shape index (κ3) is 4.51. The summed E-state index contributed by atoms with van der Waals surface area (Å²) in [5.41, 5.74) is 1.65. The number of fused-ring (bicyclic) bond motifs is 1. The first kappa shape index (κ1) is 21.9. The first-order chi connectivity index (χ1) is 15.9. The number of nitrogens with zero attached hydrogens (tertiary/aromatic N) is 2. The van der Waals surface area contributed by atoms with Crippen LogP contribution in [0.4, 0.5) is 11.6 Å². The van der Waals surface area contributed by atoms with E-state index in [-0.39, 0.29) is 22.9 Å². The maximum absolute atomic E-state index is 12.6. The van der Waals surface area contributed by atoms with Gasteiger partial charge in [-0.25, -0.2) is 9.78 Å². The molecule has 166 valence electrons. The van der Waals surface area contributed by atoms with Crippen LogP contribution in [0.3, 0.4) is 0 Å². The van der Waals surface area contributed by atoms with Gasteiger partial charge in [0.15, 0.2) is 0 Å². The van der Waals surface area contributed by atoms with Gasteiger partial charge in [-0.1, -0.05) is 24.3 Å². The van der Waals surface area contributed by atoms with Crippen LogP contribution in [0.15, 0.2) is 59.0 Å². The van der Waals surface area contributed by atoms with Gasteiger partial charge in [0.1, 0.15) is 16.3 Å². The number of furan rings is 1. The van der Waals surface area contributed by atoms with Crippen LogP contribution in [0.25, 0.3) is 26.9 Å². The van der Waals surface area contributed by atoms with Crippen molar-refractivity contribution in [1.29, 1.82) is 0 Å². The van der Waals surface area contributed by atoms with Gasteiger partial charge in [-0.3, -0.25) is 20.2 Å². The number of hydrogen-bond acceptors (Lipinski definition) is 8. The minimum Gasteiger partial charge on any atom is -0.465 e. The van der Waals surface area contributed by atoms with Gasteiger partial charge in [0.05, 0.1) is 27.8 Å². The van der Waals surface area contributed by atoms with Crippen molar-refractivity contribution in [3.63, 3.8) is 0 Å². The van der Waals surface area contributed by atoms with E-state index in [0.717, 1.165) is 10.2 Å². The van der Waals surface area contributed by atoms with Crippen LogP contribution in [0.2, 0.25) is 0 Å². The molecule has 33 heavy (non-hydrogen) atoms. The molecule has 1 amide bonds. The topological polar surface area (TPSA) is 125 Å². The van der Waals surface area contributed by atoms with Gasteiger partial charge >= 0.3 is 5.97 Å². The predicted molar refractivity (Wildman–Crippen MR) is 124 cm³/mol. The predicted octanol–water partition coefficient (Wildman–Crippen LogP) is 5.21. The van der Waals surface area contributed by atoms with Gasteiger partial charge in [-0.2, -0.15) is 0 Å². The molecule has 0 fully saturated rings. The number of nitro groups is 1. The summed E-state index contributed by atoms with van der Waals surface area (Å²) in [5.74, 6) is -0.832. The van der Waals surface area contributed by atoms with E-state index in [2.05, 4.69) is 10.3 Å². The zero-order chi connectivity index (χ0) is 23.5. The Morgan fingerprint density at radius 3 is 2.73 bits per heavy atom. The van der Waals surface area contributed by atoms with Crippen molar-refractivity contribution in [3.05, 3.63) is 81.6 Å². The van der Waals surface area contributed by atoms with Crippen LogP contribution in [-0.4, -0.2) is 28.9 Å². The average molecular weight is 463 g/mol. The van der Waals surface area contributed by atoms with E-state index in [9.17, 15) is 19.7 Å². The van der Waals surface area contributed by atoms with E-state index < -0.39 is 16.8 Å². The van der Waals surface area contributed by atoms with Crippen molar-refractivity contribution in [2.45, 2.75) is 6.92 Å². The summed E-state index contributed by atoms with van der Waals surface area (Å²) in [6, 6.07) is 13.4. The second-order valence-electron chi connectivity index (χ2n) is 6.89. The fraction of sp³-hybridized carbons (Fsp3) is 0.0870. The van der Waals surface area contributed by atoms with E-state index in [1.165, 1.54) is 48.8 Å². The maximum atomic E-state index is 12.6. The van der Waals surface area contributed by atoms with E-state index in [1.807, 2.05) is 24.3 Å². The van der Waals surface area contributed by atoms with Crippen LogP contribution in [0, 0.1) is 17.0 Å². The normalized spacial score (nSPS) is 11.1. The van der Waals surface area contributed by atoms with E-state index in [1.54, 1.807) is 13.0 Å². The molecule has 2 aromatic heterocycles. The van der Waals surface area contributed by atoms with Gasteiger partial charge in [0.25, 0.3) is 11.6 Å². The smallest absolute Gasteiger partial charge is 0.342 e. The summed E-state index contributed by atoms with van der Waals surface area (Å²) in [6.45, 7) is 1.59. The van der Waals surface area contributed by atoms with Crippen LogP contribution in [0.5, 0.6) is 0 Å². The number of hydrogen-bond donors (Lipinski definition) is 1. The number of esters is 1. The Bertz CT molecular complexity index is 1390. The van der Waals surface area contributed by atoms with Crippen molar-refractivity contribution in [2.75, 3.05) is 12.4 Å².